The Morgan fingerprint density at radius 1 is 1.31 bits per heavy atom. The summed E-state index contributed by atoms with van der Waals surface area (Å²) in [4.78, 5) is 0. The highest BCUT2D eigenvalue weighted by Gasteiger charge is 2.48. The van der Waals surface area contributed by atoms with Crippen LogP contribution in [0.5, 0.6) is 0 Å². The number of nitrogens with one attached hydrogen (secondary N) is 1. The normalized spacial score (nSPS) is 27.2. The van der Waals surface area contributed by atoms with Gasteiger partial charge < -0.3 is 15.8 Å². The van der Waals surface area contributed by atoms with Gasteiger partial charge in [-0.3, -0.25) is 0 Å². The summed E-state index contributed by atoms with van der Waals surface area (Å²) in [6.45, 7) is 4.47. The molecule has 0 aromatic heterocycles. The fourth-order valence-corrected chi connectivity index (χ4v) is 2.31. The maximum Gasteiger partial charge on any atom is 0.0661 e. The Morgan fingerprint density at radius 2 is 1.94 bits per heavy atom. The molecule has 88 valence electrons. The second-order valence-corrected chi connectivity index (χ2v) is 5.10. The fraction of sp³-hybridized carbons (Fsp3) is 0.538. The van der Waals surface area contributed by atoms with E-state index >= 15 is 0 Å². The number of ether oxygens (including phenoxy) is 1. The molecule has 1 fully saturated rings. The summed E-state index contributed by atoms with van der Waals surface area (Å²) in [7, 11) is 1.78. The lowest BCUT2D eigenvalue weighted by Crippen LogP contribution is -2.57. The molecule has 3 heteroatoms. The number of hydrogen-bond donors (Lipinski definition) is 2. The molecule has 0 spiro atoms. The molecule has 1 saturated carbocycles. The molecule has 0 radical (unpaired) electrons. The van der Waals surface area contributed by atoms with Crippen molar-refractivity contribution in [1.29, 1.82) is 0 Å². The van der Waals surface area contributed by atoms with Crippen LogP contribution in [0.2, 0.25) is 0 Å². The summed E-state index contributed by atoms with van der Waals surface area (Å²) in [5.74, 6) is 0. The average molecular weight is 220 g/mol. The Bertz CT molecular complexity index is 359. The van der Waals surface area contributed by atoms with Crippen molar-refractivity contribution in [1.82, 2.24) is 0 Å². The largest absolute Gasteiger partial charge is 0.399 e. The van der Waals surface area contributed by atoms with E-state index in [4.69, 9.17) is 10.5 Å². The van der Waals surface area contributed by atoms with Crippen molar-refractivity contribution in [3.8, 4) is 0 Å². The van der Waals surface area contributed by atoms with Gasteiger partial charge in [0.25, 0.3) is 0 Å². The first-order chi connectivity index (χ1) is 7.54. The van der Waals surface area contributed by atoms with Crippen LogP contribution < -0.4 is 11.1 Å². The molecule has 3 nitrogen and oxygen atoms in total. The van der Waals surface area contributed by atoms with Gasteiger partial charge in [0.2, 0.25) is 0 Å². The van der Waals surface area contributed by atoms with Gasteiger partial charge in [-0.2, -0.15) is 0 Å². The van der Waals surface area contributed by atoms with Crippen LogP contribution in [0.25, 0.3) is 0 Å². The number of anilines is 2. The molecule has 0 amide bonds. The second kappa shape index (κ2) is 3.98. The van der Waals surface area contributed by atoms with E-state index in [0.717, 1.165) is 17.8 Å². The van der Waals surface area contributed by atoms with Gasteiger partial charge in [-0.05, 0) is 30.7 Å². The molecule has 0 heterocycles. The highest BCUT2D eigenvalue weighted by Crippen LogP contribution is 2.43. The van der Waals surface area contributed by atoms with Crippen molar-refractivity contribution in [2.24, 2.45) is 5.41 Å². The van der Waals surface area contributed by atoms with Crippen LogP contribution in [0, 0.1) is 5.41 Å². The molecule has 1 aliphatic rings. The van der Waals surface area contributed by atoms with Crippen LogP contribution in [-0.2, 0) is 4.74 Å². The molecule has 16 heavy (non-hydrogen) atoms. The van der Waals surface area contributed by atoms with Crippen molar-refractivity contribution in [2.75, 3.05) is 18.2 Å². The molecule has 2 rings (SSSR count). The molecule has 2 unspecified atom stereocenters. The van der Waals surface area contributed by atoms with Crippen LogP contribution in [0.15, 0.2) is 24.3 Å². The van der Waals surface area contributed by atoms with Gasteiger partial charge >= 0.3 is 0 Å². The monoisotopic (exact) mass is 220 g/mol. The lowest BCUT2D eigenvalue weighted by Gasteiger charge is -2.51. The topological polar surface area (TPSA) is 47.3 Å². The van der Waals surface area contributed by atoms with E-state index in [0.29, 0.717) is 12.1 Å². The lowest BCUT2D eigenvalue weighted by atomic mass is 9.64. The van der Waals surface area contributed by atoms with Crippen LogP contribution in [0.4, 0.5) is 11.4 Å². The lowest BCUT2D eigenvalue weighted by molar-refractivity contribution is -0.0794. The summed E-state index contributed by atoms with van der Waals surface area (Å²) < 4.78 is 5.43. The Hall–Kier alpha value is -1.22. The maximum absolute atomic E-state index is 5.65. The zero-order valence-corrected chi connectivity index (χ0v) is 10.2. The Labute approximate surface area is 97.0 Å². The maximum atomic E-state index is 5.65. The Kier molecular flexibility index (Phi) is 2.80. The van der Waals surface area contributed by atoms with E-state index in [9.17, 15) is 0 Å². The average Bonchev–Trinajstić information content (AvgIpc) is 2.26. The number of nitrogen functional groups attached to an aromatic ring is 1. The molecule has 1 aliphatic carbocycles. The zero-order chi connectivity index (χ0) is 11.8. The first-order valence-electron chi connectivity index (χ1n) is 5.69. The first kappa shape index (κ1) is 11.3. The van der Waals surface area contributed by atoms with Crippen LogP contribution in [-0.4, -0.2) is 19.3 Å². The molecular weight excluding hydrogens is 200 g/mol. The van der Waals surface area contributed by atoms with Crippen LogP contribution in [0.3, 0.4) is 0 Å². The minimum Gasteiger partial charge on any atom is -0.399 e. The Morgan fingerprint density at radius 3 is 2.44 bits per heavy atom. The second-order valence-electron chi connectivity index (χ2n) is 5.10. The van der Waals surface area contributed by atoms with E-state index in [2.05, 4.69) is 19.2 Å². The molecule has 0 saturated heterocycles. The third-order valence-corrected chi connectivity index (χ3v) is 3.71. The van der Waals surface area contributed by atoms with E-state index in [1.807, 2.05) is 24.3 Å². The molecule has 3 N–H and O–H groups in total. The minimum absolute atomic E-state index is 0.191. The third-order valence-electron chi connectivity index (χ3n) is 3.71. The molecule has 0 aliphatic heterocycles. The van der Waals surface area contributed by atoms with Crippen molar-refractivity contribution in [2.45, 2.75) is 32.4 Å². The summed E-state index contributed by atoms with van der Waals surface area (Å²) >= 11 is 0. The van der Waals surface area contributed by atoms with E-state index < -0.39 is 0 Å². The summed E-state index contributed by atoms with van der Waals surface area (Å²) in [6.07, 6.45) is 1.42. The molecular formula is C13H20N2O. The van der Waals surface area contributed by atoms with Gasteiger partial charge in [0.05, 0.1) is 6.10 Å². The number of nitrogens with two attached hydrogens (primary N) is 1. The van der Waals surface area contributed by atoms with Gasteiger partial charge in [0, 0.05) is 29.9 Å². The number of hydrogen-bond acceptors (Lipinski definition) is 3. The number of rotatable bonds is 3. The van der Waals surface area contributed by atoms with E-state index in [1.54, 1.807) is 7.11 Å². The predicted octanol–water partition coefficient (Wildman–Crippen LogP) is 2.49. The standard InChI is InChI=1S/C13H20N2O/c1-13(2)11(8-12(13)16-3)15-10-6-4-9(14)5-7-10/h4-7,11-12,15H,8,14H2,1-3H3. The van der Waals surface area contributed by atoms with Crippen LogP contribution >= 0.6 is 0 Å². The van der Waals surface area contributed by atoms with E-state index in [-0.39, 0.29) is 5.41 Å². The zero-order valence-electron chi connectivity index (χ0n) is 10.2. The highest BCUT2D eigenvalue weighted by atomic mass is 16.5. The molecule has 0 bridgehead atoms. The number of methoxy groups -OCH3 is 1. The molecule has 1 aromatic carbocycles. The van der Waals surface area contributed by atoms with Gasteiger partial charge in [0.15, 0.2) is 0 Å². The summed E-state index contributed by atoms with van der Waals surface area (Å²) in [6, 6.07) is 8.35. The van der Waals surface area contributed by atoms with Gasteiger partial charge in [-0.25, -0.2) is 0 Å². The quantitative estimate of drug-likeness (QED) is 0.769. The summed E-state index contributed by atoms with van der Waals surface area (Å²) in [5.41, 5.74) is 7.77. The molecule has 2 atom stereocenters. The van der Waals surface area contributed by atoms with E-state index in [1.165, 1.54) is 0 Å². The SMILES string of the molecule is COC1CC(Nc2ccc(N)cc2)C1(C)C. The van der Waals surface area contributed by atoms with Crippen molar-refractivity contribution in [3.05, 3.63) is 24.3 Å². The van der Waals surface area contributed by atoms with Gasteiger partial charge in [0.1, 0.15) is 0 Å². The Balaban J connectivity index is 1.99. The first-order valence-corrected chi connectivity index (χ1v) is 5.69. The number of benzene rings is 1. The highest BCUT2D eigenvalue weighted by molar-refractivity contribution is 5.52. The van der Waals surface area contributed by atoms with Crippen molar-refractivity contribution >= 4 is 11.4 Å². The van der Waals surface area contributed by atoms with Gasteiger partial charge in [-0.1, -0.05) is 13.8 Å². The van der Waals surface area contributed by atoms with Crippen molar-refractivity contribution in [3.63, 3.8) is 0 Å². The smallest absolute Gasteiger partial charge is 0.0661 e. The minimum atomic E-state index is 0.191. The molecule has 1 aromatic rings. The van der Waals surface area contributed by atoms with Crippen LogP contribution in [0.1, 0.15) is 20.3 Å². The van der Waals surface area contributed by atoms with Crippen molar-refractivity contribution < 1.29 is 4.74 Å². The third kappa shape index (κ3) is 1.87. The predicted molar refractivity (Wildman–Crippen MR) is 67.5 cm³/mol. The summed E-state index contributed by atoms with van der Waals surface area (Å²) in [5, 5.41) is 3.52. The van der Waals surface area contributed by atoms with Gasteiger partial charge in [-0.15, -0.1) is 0 Å². The fourth-order valence-electron chi connectivity index (χ4n) is 2.31.